The van der Waals surface area contributed by atoms with Gasteiger partial charge in [0.05, 0.1) is 23.7 Å². The van der Waals surface area contributed by atoms with Gasteiger partial charge in [-0.25, -0.2) is 4.79 Å². The number of carbonyl (C=O) groups is 1. The van der Waals surface area contributed by atoms with Gasteiger partial charge in [-0.05, 0) is 18.1 Å². The molecule has 2 heterocycles. The first-order valence-electron chi connectivity index (χ1n) is 9.70. The van der Waals surface area contributed by atoms with Gasteiger partial charge in [-0.15, -0.1) is 0 Å². The maximum absolute atomic E-state index is 12.4. The van der Waals surface area contributed by atoms with Crippen molar-refractivity contribution < 1.29 is 9.53 Å². The zero-order chi connectivity index (χ0) is 19.4. The third kappa shape index (κ3) is 4.78. The van der Waals surface area contributed by atoms with E-state index in [-0.39, 0.29) is 24.1 Å². The number of fused-ring (bicyclic) bond motifs is 1. The minimum atomic E-state index is -0.0936. The number of aryl methyl sites for hydroxylation is 2. The largest absolute Gasteiger partial charge is 0.374 e. The number of nitrogens with zero attached hydrogens (tertiary/aromatic N) is 3. The van der Waals surface area contributed by atoms with Crippen molar-refractivity contribution in [3.8, 4) is 0 Å². The van der Waals surface area contributed by atoms with Crippen molar-refractivity contribution >= 4 is 16.9 Å². The van der Waals surface area contributed by atoms with Crippen molar-refractivity contribution in [3.63, 3.8) is 0 Å². The topological polar surface area (TPSA) is 68.5 Å². The predicted molar refractivity (Wildman–Crippen MR) is 106 cm³/mol. The third-order valence-electron chi connectivity index (χ3n) is 4.99. The number of nitrogens with one attached hydrogen (secondary N) is 1. The Morgan fingerprint density at radius 3 is 2.78 bits per heavy atom. The lowest BCUT2D eigenvalue weighted by Crippen LogP contribution is -2.48. The highest BCUT2D eigenvalue weighted by atomic mass is 16.5. The first-order chi connectivity index (χ1) is 13.0. The average molecular weight is 374 g/mol. The minimum absolute atomic E-state index is 0.0294. The second-order valence-corrected chi connectivity index (χ2v) is 7.68. The van der Waals surface area contributed by atoms with Gasteiger partial charge in [0.2, 0.25) is 5.91 Å². The Labute approximate surface area is 159 Å². The molecular weight excluding hydrogens is 344 g/mol. The summed E-state index contributed by atoms with van der Waals surface area (Å²) in [5.74, 6) is 0.566. The summed E-state index contributed by atoms with van der Waals surface area (Å²) in [5.41, 5.74) is 1.64. The number of benzene rings is 1. The fraction of sp³-hybridized carbons (Fsp3) is 0.600. The van der Waals surface area contributed by atoms with E-state index in [1.54, 1.807) is 16.2 Å². The summed E-state index contributed by atoms with van der Waals surface area (Å²) in [4.78, 5) is 27.1. The van der Waals surface area contributed by atoms with Crippen molar-refractivity contribution in [2.75, 3.05) is 32.8 Å². The maximum atomic E-state index is 12.4. The van der Waals surface area contributed by atoms with Gasteiger partial charge in [-0.2, -0.15) is 0 Å². The number of hydrogen-bond acceptors (Lipinski definition) is 4. The van der Waals surface area contributed by atoms with Crippen LogP contribution < -0.4 is 11.0 Å². The van der Waals surface area contributed by atoms with Crippen LogP contribution in [0, 0.1) is 5.92 Å². The Kier molecular flexibility index (Phi) is 6.34. The van der Waals surface area contributed by atoms with Gasteiger partial charge in [0.15, 0.2) is 0 Å². The molecule has 1 unspecified atom stereocenters. The smallest absolute Gasteiger partial charge is 0.328 e. The van der Waals surface area contributed by atoms with E-state index in [0.29, 0.717) is 25.6 Å². The van der Waals surface area contributed by atoms with Crippen molar-refractivity contribution in [3.05, 3.63) is 34.7 Å². The molecule has 0 spiro atoms. The molecule has 7 nitrogen and oxygen atoms in total. The molecular formula is C20H30N4O3. The number of rotatable bonds is 7. The molecule has 1 atom stereocenters. The van der Waals surface area contributed by atoms with Gasteiger partial charge in [0, 0.05) is 46.2 Å². The van der Waals surface area contributed by atoms with Crippen molar-refractivity contribution in [1.29, 1.82) is 0 Å². The molecule has 1 amide bonds. The Morgan fingerprint density at radius 1 is 1.30 bits per heavy atom. The molecule has 148 valence electrons. The quantitative estimate of drug-likeness (QED) is 0.791. The van der Waals surface area contributed by atoms with Gasteiger partial charge in [-0.1, -0.05) is 26.0 Å². The first kappa shape index (κ1) is 19.6. The van der Waals surface area contributed by atoms with Crippen molar-refractivity contribution in [1.82, 2.24) is 19.4 Å². The SMILES string of the molecule is CC(C)CN1CCOC(CNC(=O)CCn2c(=O)n(C)c3ccccc32)C1. The molecule has 0 saturated carbocycles. The fourth-order valence-corrected chi connectivity index (χ4v) is 3.69. The second kappa shape index (κ2) is 8.71. The molecule has 1 aliphatic rings. The van der Waals surface area contributed by atoms with Gasteiger partial charge in [0.1, 0.15) is 0 Å². The lowest BCUT2D eigenvalue weighted by Gasteiger charge is -2.33. The lowest BCUT2D eigenvalue weighted by atomic mass is 10.2. The Hall–Kier alpha value is -2.12. The van der Waals surface area contributed by atoms with Crippen LogP contribution in [0.25, 0.3) is 11.0 Å². The molecule has 0 radical (unpaired) electrons. The third-order valence-corrected chi connectivity index (χ3v) is 4.99. The minimum Gasteiger partial charge on any atom is -0.374 e. The molecule has 1 aromatic heterocycles. The van der Waals surface area contributed by atoms with E-state index < -0.39 is 0 Å². The average Bonchev–Trinajstić information content (AvgIpc) is 2.89. The predicted octanol–water partition coefficient (Wildman–Crippen LogP) is 1.20. The van der Waals surface area contributed by atoms with Gasteiger partial charge in [-0.3, -0.25) is 18.8 Å². The van der Waals surface area contributed by atoms with Gasteiger partial charge >= 0.3 is 5.69 Å². The Balaban J connectivity index is 1.51. The monoisotopic (exact) mass is 374 g/mol. The van der Waals surface area contributed by atoms with Crippen LogP contribution in [-0.4, -0.2) is 58.8 Å². The zero-order valence-electron chi connectivity index (χ0n) is 16.5. The van der Waals surface area contributed by atoms with E-state index in [1.165, 1.54) is 0 Å². The number of ether oxygens (including phenoxy) is 1. The van der Waals surface area contributed by atoms with Crippen LogP contribution in [0.3, 0.4) is 0 Å². The zero-order valence-corrected chi connectivity index (χ0v) is 16.5. The summed E-state index contributed by atoms with van der Waals surface area (Å²) in [5, 5.41) is 2.96. The van der Waals surface area contributed by atoms with Crippen molar-refractivity contribution in [2.45, 2.75) is 32.9 Å². The van der Waals surface area contributed by atoms with E-state index in [4.69, 9.17) is 4.74 Å². The highest BCUT2D eigenvalue weighted by molar-refractivity contribution is 5.77. The molecule has 1 fully saturated rings. The molecule has 27 heavy (non-hydrogen) atoms. The molecule has 7 heteroatoms. The van der Waals surface area contributed by atoms with Crippen LogP contribution in [0.1, 0.15) is 20.3 Å². The first-order valence-corrected chi connectivity index (χ1v) is 9.70. The number of carbonyl (C=O) groups excluding carboxylic acids is 1. The molecule has 3 rings (SSSR count). The van der Waals surface area contributed by atoms with E-state index in [2.05, 4.69) is 24.1 Å². The van der Waals surface area contributed by atoms with E-state index in [9.17, 15) is 9.59 Å². The lowest BCUT2D eigenvalue weighted by molar-refractivity contribution is -0.122. The highest BCUT2D eigenvalue weighted by Crippen LogP contribution is 2.12. The van der Waals surface area contributed by atoms with E-state index >= 15 is 0 Å². The normalized spacial score (nSPS) is 18.3. The molecule has 1 aromatic carbocycles. The number of aromatic nitrogens is 2. The number of hydrogen-bond donors (Lipinski definition) is 1. The summed E-state index contributed by atoms with van der Waals surface area (Å²) in [7, 11) is 1.75. The molecule has 0 aliphatic carbocycles. The van der Waals surface area contributed by atoms with Gasteiger partial charge in [0.25, 0.3) is 0 Å². The Morgan fingerprint density at radius 2 is 2.04 bits per heavy atom. The van der Waals surface area contributed by atoms with Crippen LogP contribution in [0.5, 0.6) is 0 Å². The van der Waals surface area contributed by atoms with Crippen molar-refractivity contribution in [2.24, 2.45) is 13.0 Å². The van der Waals surface area contributed by atoms with E-state index in [0.717, 1.165) is 30.7 Å². The Bertz CT molecular complexity index is 839. The van der Waals surface area contributed by atoms with Crippen LogP contribution in [0.15, 0.2) is 29.1 Å². The van der Waals surface area contributed by atoms with Crippen LogP contribution in [0.4, 0.5) is 0 Å². The molecule has 1 N–H and O–H groups in total. The van der Waals surface area contributed by atoms with Crippen LogP contribution in [-0.2, 0) is 23.1 Å². The number of amides is 1. The number of para-hydroxylation sites is 2. The van der Waals surface area contributed by atoms with Crippen LogP contribution >= 0.6 is 0 Å². The number of morpholine rings is 1. The number of imidazole rings is 1. The molecule has 1 saturated heterocycles. The molecule has 1 aliphatic heterocycles. The standard InChI is InChI=1S/C20H30N4O3/c1-15(2)13-23-10-11-27-16(14-23)12-21-19(25)8-9-24-18-7-5-4-6-17(18)22(3)20(24)26/h4-7,15-16H,8-14H2,1-3H3,(H,21,25). The highest BCUT2D eigenvalue weighted by Gasteiger charge is 2.21. The second-order valence-electron chi connectivity index (χ2n) is 7.68. The molecule has 0 bridgehead atoms. The summed E-state index contributed by atoms with van der Waals surface area (Å²) in [6.45, 7) is 8.86. The van der Waals surface area contributed by atoms with E-state index in [1.807, 2.05) is 24.3 Å². The maximum Gasteiger partial charge on any atom is 0.328 e. The summed E-state index contributed by atoms with van der Waals surface area (Å²) >= 11 is 0. The van der Waals surface area contributed by atoms with Gasteiger partial charge < -0.3 is 10.1 Å². The van der Waals surface area contributed by atoms with Crippen LogP contribution in [0.2, 0.25) is 0 Å². The summed E-state index contributed by atoms with van der Waals surface area (Å²) in [6, 6.07) is 7.64. The fourth-order valence-electron chi connectivity index (χ4n) is 3.69. The summed E-state index contributed by atoms with van der Waals surface area (Å²) < 4.78 is 9.05. The molecule has 2 aromatic rings. The summed E-state index contributed by atoms with van der Waals surface area (Å²) in [6.07, 6.45) is 0.304.